The molecule has 2 aromatic heterocycles. The summed E-state index contributed by atoms with van der Waals surface area (Å²) in [6.45, 7) is 4.34. The number of H-pyrrole nitrogens is 1. The van der Waals surface area contributed by atoms with E-state index in [2.05, 4.69) is 20.3 Å². The first-order chi connectivity index (χ1) is 11.8. The predicted octanol–water partition coefficient (Wildman–Crippen LogP) is 2.57. The van der Waals surface area contributed by atoms with Crippen molar-refractivity contribution in [2.45, 2.75) is 25.6 Å². The number of nitrogens with zero attached hydrogens (tertiary/aromatic N) is 3. The number of rotatable bonds is 3. The Labute approximate surface area is 160 Å². The minimum absolute atomic E-state index is 0. The molecule has 0 spiro atoms. The van der Waals surface area contributed by atoms with Crippen molar-refractivity contribution in [1.82, 2.24) is 20.3 Å². The van der Waals surface area contributed by atoms with Crippen LogP contribution in [0, 0.1) is 5.95 Å². The maximum absolute atomic E-state index is 14.3. The van der Waals surface area contributed by atoms with Crippen LogP contribution in [-0.4, -0.2) is 46.3 Å². The van der Waals surface area contributed by atoms with E-state index in [1.54, 1.807) is 4.90 Å². The molecular weight excluding hydrogens is 387 g/mol. The molecule has 1 fully saturated rings. The molecule has 0 saturated carbocycles. The van der Waals surface area contributed by atoms with Crippen molar-refractivity contribution < 1.29 is 8.78 Å². The Morgan fingerprint density at radius 3 is 2.81 bits per heavy atom. The molecule has 2 N–H and O–H groups in total. The normalized spacial score (nSPS) is 17.7. The molecule has 6 nitrogen and oxygen atoms in total. The van der Waals surface area contributed by atoms with Crippen LogP contribution in [0.15, 0.2) is 23.1 Å². The number of aromatic amines is 1. The minimum atomic E-state index is -1.44. The number of halogens is 4. The molecule has 0 aromatic carbocycles. The van der Waals surface area contributed by atoms with Crippen LogP contribution >= 0.6 is 24.0 Å². The van der Waals surface area contributed by atoms with Gasteiger partial charge < -0.3 is 15.2 Å². The summed E-state index contributed by atoms with van der Waals surface area (Å²) in [5.74, 6) is -0.244. The molecule has 10 heteroatoms. The third-order valence-corrected chi connectivity index (χ3v) is 4.49. The SMILES string of the molecule is CC(C)(F)C1CN(c2nc(-c3ccnc(F)c3)[nH]c(=O)c2Cl)CCN1.Cl. The summed E-state index contributed by atoms with van der Waals surface area (Å²) in [6.07, 6.45) is 1.28. The summed E-state index contributed by atoms with van der Waals surface area (Å²) < 4.78 is 27.6. The van der Waals surface area contributed by atoms with Crippen LogP contribution < -0.4 is 15.8 Å². The fourth-order valence-electron chi connectivity index (χ4n) is 2.75. The largest absolute Gasteiger partial charge is 0.352 e. The summed E-state index contributed by atoms with van der Waals surface area (Å²) in [6, 6.07) is 2.27. The molecular formula is C16H19Cl2F2N5O. The van der Waals surface area contributed by atoms with Crippen LogP contribution in [0.2, 0.25) is 5.02 Å². The Kier molecular flexibility index (Phi) is 6.21. The van der Waals surface area contributed by atoms with Crippen molar-refractivity contribution in [1.29, 1.82) is 0 Å². The lowest BCUT2D eigenvalue weighted by Crippen LogP contribution is -2.58. The Hall–Kier alpha value is -1.77. The monoisotopic (exact) mass is 405 g/mol. The first-order valence-electron chi connectivity index (χ1n) is 7.84. The second kappa shape index (κ2) is 7.85. The van der Waals surface area contributed by atoms with Gasteiger partial charge in [-0.1, -0.05) is 11.6 Å². The minimum Gasteiger partial charge on any atom is -0.352 e. The highest BCUT2D eigenvalue weighted by atomic mass is 35.5. The van der Waals surface area contributed by atoms with E-state index in [4.69, 9.17) is 11.6 Å². The van der Waals surface area contributed by atoms with E-state index < -0.39 is 23.2 Å². The molecule has 0 amide bonds. The molecule has 1 atom stereocenters. The van der Waals surface area contributed by atoms with Crippen molar-refractivity contribution in [3.8, 4) is 11.4 Å². The van der Waals surface area contributed by atoms with Gasteiger partial charge in [0, 0.05) is 37.5 Å². The average Bonchev–Trinajstić information content (AvgIpc) is 2.56. The molecule has 1 unspecified atom stereocenters. The van der Waals surface area contributed by atoms with E-state index in [0.29, 0.717) is 25.2 Å². The number of aromatic nitrogens is 3. The van der Waals surface area contributed by atoms with Gasteiger partial charge in [-0.3, -0.25) is 4.79 Å². The first-order valence-corrected chi connectivity index (χ1v) is 8.22. The zero-order valence-corrected chi connectivity index (χ0v) is 15.8. The highest BCUT2D eigenvalue weighted by molar-refractivity contribution is 6.32. The lowest BCUT2D eigenvalue weighted by atomic mass is 9.98. The predicted molar refractivity (Wildman–Crippen MR) is 99.5 cm³/mol. The van der Waals surface area contributed by atoms with Gasteiger partial charge in [0.2, 0.25) is 5.95 Å². The second-order valence-corrected chi connectivity index (χ2v) is 6.81. The zero-order chi connectivity index (χ0) is 18.2. The van der Waals surface area contributed by atoms with E-state index in [1.165, 1.54) is 32.2 Å². The van der Waals surface area contributed by atoms with Gasteiger partial charge in [-0.15, -0.1) is 12.4 Å². The highest BCUT2D eigenvalue weighted by Gasteiger charge is 2.34. The second-order valence-electron chi connectivity index (χ2n) is 6.44. The molecule has 3 heterocycles. The Bertz CT molecular complexity index is 840. The van der Waals surface area contributed by atoms with Crippen LogP contribution in [0.3, 0.4) is 0 Å². The Morgan fingerprint density at radius 2 is 2.15 bits per heavy atom. The van der Waals surface area contributed by atoms with Gasteiger partial charge in [0.05, 0.1) is 6.04 Å². The lowest BCUT2D eigenvalue weighted by Gasteiger charge is -2.39. The van der Waals surface area contributed by atoms with Crippen LogP contribution in [0.25, 0.3) is 11.4 Å². The molecule has 0 aliphatic carbocycles. The van der Waals surface area contributed by atoms with Gasteiger partial charge in [-0.2, -0.15) is 4.39 Å². The van der Waals surface area contributed by atoms with E-state index in [0.717, 1.165) is 0 Å². The van der Waals surface area contributed by atoms with Crippen LogP contribution in [0.4, 0.5) is 14.6 Å². The summed E-state index contributed by atoms with van der Waals surface area (Å²) in [7, 11) is 0. The van der Waals surface area contributed by atoms with Crippen molar-refractivity contribution in [3.05, 3.63) is 39.7 Å². The van der Waals surface area contributed by atoms with Gasteiger partial charge in [0.1, 0.15) is 16.5 Å². The van der Waals surface area contributed by atoms with Gasteiger partial charge in [0.15, 0.2) is 5.82 Å². The fourth-order valence-corrected chi connectivity index (χ4v) is 2.95. The molecule has 3 rings (SSSR count). The van der Waals surface area contributed by atoms with Gasteiger partial charge >= 0.3 is 0 Å². The van der Waals surface area contributed by atoms with E-state index in [-0.39, 0.29) is 29.1 Å². The zero-order valence-electron chi connectivity index (χ0n) is 14.2. The van der Waals surface area contributed by atoms with Crippen molar-refractivity contribution in [3.63, 3.8) is 0 Å². The summed E-state index contributed by atoms with van der Waals surface area (Å²) >= 11 is 6.13. The lowest BCUT2D eigenvalue weighted by molar-refractivity contribution is 0.143. The number of nitrogens with one attached hydrogen (secondary N) is 2. The summed E-state index contributed by atoms with van der Waals surface area (Å²) in [5.41, 5.74) is -1.60. The van der Waals surface area contributed by atoms with Crippen molar-refractivity contribution in [2.24, 2.45) is 0 Å². The van der Waals surface area contributed by atoms with Gasteiger partial charge in [0.25, 0.3) is 5.56 Å². The highest BCUT2D eigenvalue weighted by Crippen LogP contribution is 2.26. The average molecular weight is 406 g/mol. The molecule has 2 aromatic rings. The number of hydrogen-bond donors (Lipinski definition) is 2. The number of alkyl halides is 1. The quantitative estimate of drug-likeness (QED) is 0.767. The van der Waals surface area contributed by atoms with Crippen LogP contribution in [0.5, 0.6) is 0 Å². The molecule has 1 aliphatic heterocycles. The summed E-state index contributed by atoms with van der Waals surface area (Å²) in [4.78, 5) is 24.3. The topological polar surface area (TPSA) is 73.9 Å². The summed E-state index contributed by atoms with van der Waals surface area (Å²) in [5, 5.41) is 3.04. The van der Waals surface area contributed by atoms with Crippen LogP contribution in [0.1, 0.15) is 13.8 Å². The number of anilines is 1. The molecule has 0 bridgehead atoms. The van der Waals surface area contributed by atoms with E-state index in [9.17, 15) is 13.6 Å². The van der Waals surface area contributed by atoms with E-state index >= 15 is 0 Å². The van der Waals surface area contributed by atoms with E-state index in [1.807, 2.05) is 0 Å². The first kappa shape index (κ1) is 20.5. The molecule has 1 aliphatic rings. The van der Waals surface area contributed by atoms with Crippen molar-refractivity contribution in [2.75, 3.05) is 24.5 Å². The third-order valence-electron chi connectivity index (χ3n) is 4.15. The molecule has 1 saturated heterocycles. The van der Waals surface area contributed by atoms with Gasteiger partial charge in [-0.05, 0) is 19.9 Å². The molecule has 26 heavy (non-hydrogen) atoms. The van der Waals surface area contributed by atoms with Crippen LogP contribution in [-0.2, 0) is 0 Å². The number of piperazine rings is 1. The number of hydrogen-bond acceptors (Lipinski definition) is 5. The Balaban J connectivity index is 0.00000243. The third kappa shape index (κ3) is 4.31. The Morgan fingerprint density at radius 1 is 1.42 bits per heavy atom. The maximum atomic E-state index is 14.3. The van der Waals surface area contributed by atoms with Gasteiger partial charge in [-0.25, -0.2) is 14.4 Å². The van der Waals surface area contributed by atoms with Crippen molar-refractivity contribution >= 4 is 29.8 Å². The smallest absolute Gasteiger partial charge is 0.272 e. The number of pyridine rings is 1. The standard InChI is InChI=1S/C16H18ClF2N5O.ClH/c1-16(2,19)10-8-24(6-5-20-10)14-12(17)15(25)23-13(22-14)9-3-4-21-11(18)7-9;/h3-4,7,10,20H,5-6,8H2,1-2H3,(H,22,23,25);1H. The molecule has 142 valence electrons. The fraction of sp³-hybridized carbons (Fsp3) is 0.438. The molecule has 0 radical (unpaired) electrons. The maximum Gasteiger partial charge on any atom is 0.272 e.